The third kappa shape index (κ3) is 8.03. The lowest BCUT2D eigenvalue weighted by molar-refractivity contribution is -0.130. The Kier molecular flexibility index (Phi) is 10.3. The van der Waals surface area contributed by atoms with Crippen LogP contribution in [-0.4, -0.2) is 35.2 Å². The van der Waals surface area contributed by atoms with E-state index < -0.39 is 17.9 Å². The maximum Gasteiger partial charge on any atom is 0.262 e. The first-order valence-electron chi connectivity index (χ1n) is 13.1. The van der Waals surface area contributed by atoms with Crippen LogP contribution in [0.1, 0.15) is 37.1 Å². The number of fused-ring (bicyclic) bond motifs is 1. The number of benzene rings is 3. The summed E-state index contributed by atoms with van der Waals surface area (Å²) in [5.74, 6) is -0.153. The third-order valence-electron chi connectivity index (χ3n) is 6.52. The summed E-state index contributed by atoms with van der Waals surface area (Å²) in [6.07, 6.45) is 2.08. The van der Waals surface area contributed by atoms with Gasteiger partial charge in [0.1, 0.15) is 11.8 Å². The highest BCUT2D eigenvalue weighted by molar-refractivity contribution is 6.42. The molecule has 2 amide bonds. The van der Waals surface area contributed by atoms with Gasteiger partial charge in [-0.25, -0.2) is 5.43 Å². The molecule has 0 fully saturated rings. The van der Waals surface area contributed by atoms with Crippen LogP contribution in [0.15, 0.2) is 71.8 Å². The number of nitrogens with one attached hydrogen (secondary N) is 2. The Labute approximate surface area is 254 Å². The molecule has 0 bridgehead atoms. The van der Waals surface area contributed by atoms with Gasteiger partial charge in [-0.15, -0.1) is 0 Å². The number of para-hydroxylation sites is 1. The van der Waals surface area contributed by atoms with E-state index in [0.717, 1.165) is 27.7 Å². The zero-order chi connectivity index (χ0) is 29.5. The second kappa shape index (κ2) is 13.9. The van der Waals surface area contributed by atoms with Gasteiger partial charge in [0.05, 0.1) is 16.3 Å². The largest absolute Gasteiger partial charge is 0.484 e. The molecule has 1 aromatic heterocycles. The molecule has 0 unspecified atom stereocenters. The predicted octanol–water partition coefficient (Wildman–Crippen LogP) is 7.02. The fraction of sp³-hybridized carbons (Fsp3) is 0.258. The normalized spacial score (nSPS) is 12.2. The Bertz CT molecular complexity index is 1570. The first-order chi connectivity index (χ1) is 19.6. The van der Waals surface area contributed by atoms with Crippen LogP contribution < -0.4 is 15.5 Å². The van der Waals surface area contributed by atoms with Crippen LogP contribution in [0, 0.1) is 12.8 Å². The number of hydrazone groups is 1. The van der Waals surface area contributed by atoms with Crippen LogP contribution in [0.25, 0.3) is 10.9 Å². The Hall–Kier alpha value is -3.52. The quantitative estimate of drug-likeness (QED) is 0.141. The predicted molar refractivity (Wildman–Crippen MR) is 166 cm³/mol. The van der Waals surface area contributed by atoms with Crippen LogP contribution in [0.3, 0.4) is 0 Å². The number of carbonyl (C=O) groups excluding carboxylic acids is 2. The van der Waals surface area contributed by atoms with Crippen molar-refractivity contribution in [1.82, 2.24) is 15.3 Å². The molecule has 2 N–H and O–H groups in total. The Morgan fingerprint density at radius 2 is 1.73 bits per heavy atom. The van der Waals surface area contributed by atoms with Crippen LogP contribution >= 0.6 is 34.8 Å². The average molecular weight is 614 g/mol. The fourth-order valence-electron chi connectivity index (χ4n) is 4.50. The molecule has 4 aromatic rings. The summed E-state index contributed by atoms with van der Waals surface area (Å²) >= 11 is 18.2. The van der Waals surface area contributed by atoms with Crippen LogP contribution in [0.2, 0.25) is 15.1 Å². The molecule has 3 aromatic carbocycles. The van der Waals surface area contributed by atoms with Gasteiger partial charge in [0, 0.05) is 33.7 Å². The highest BCUT2D eigenvalue weighted by Crippen LogP contribution is 2.28. The second-order valence-corrected chi connectivity index (χ2v) is 11.3. The minimum Gasteiger partial charge on any atom is -0.484 e. The van der Waals surface area contributed by atoms with Crippen LogP contribution in [-0.2, 0) is 16.1 Å². The van der Waals surface area contributed by atoms with Gasteiger partial charge in [-0.2, -0.15) is 5.10 Å². The Morgan fingerprint density at radius 1 is 1.00 bits per heavy atom. The summed E-state index contributed by atoms with van der Waals surface area (Å²) in [6, 6.07) is 19.5. The van der Waals surface area contributed by atoms with Crippen molar-refractivity contribution in [3.05, 3.63) is 98.6 Å². The minimum atomic E-state index is -0.773. The van der Waals surface area contributed by atoms with E-state index >= 15 is 0 Å². The summed E-state index contributed by atoms with van der Waals surface area (Å²) in [4.78, 5) is 25.6. The van der Waals surface area contributed by atoms with Crippen molar-refractivity contribution in [3.8, 4) is 5.75 Å². The van der Waals surface area contributed by atoms with E-state index in [1.165, 1.54) is 0 Å². The van der Waals surface area contributed by atoms with Gasteiger partial charge < -0.3 is 14.6 Å². The summed E-state index contributed by atoms with van der Waals surface area (Å²) in [5, 5.41) is 9.60. The lowest BCUT2D eigenvalue weighted by atomic mass is 10.0. The number of hydrogen-bond acceptors (Lipinski definition) is 4. The van der Waals surface area contributed by atoms with Gasteiger partial charge >= 0.3 is 0 Å². The van der Waals surface area contributed by atoms with Gasteiger partial charge in [-0.1, -0.05) is 72.9 Å². The molecule has 214 valence electrons. The van der Waals surface area contributed by atoms with Crippen LogP contribution in [0.4, 0.5) is 0 Å². The second-order valence-electron chi connectivity index (χ2n) is 10.1. The molecule has 10 heteroatoms. The smallest absolute Gasteiger partial charge is 0.262 e. The van der Waals surface area contributed by atoms with E-state index in [9.17, 15) is 9.59 Å². The number of halogens is 3. The van der Waals surface area contributed by atoms with Crippen molar-refractivity contribution in [2.24, 2.45) is 11.0 Å². The van der Waals surface area contributed by atoms with E-state index in [0.29, 0.717) is 33.8 Å². The number of rotatable bonds is 11. The SMILES string of the molecule is Cc1c(/C=N\NC(=O)[C@H](CC(C)C)NC(=O)COc2ccc(Cl)cc2)c2ccccc2n1Cc1ccc(Cl)c(Cl)c1. The summed E-state index contributed by atoms with van der Waals surface area (Å²) in [5.41, 5.74) is 6.49. The molecule has 0 spiro atoms. The van der Waals surface area contributed by atoms with Crippen molar-refractivity contribution in [2.75, 3.05) is 6.61 Å². The number of hydrogen-bond donors (Lipinski definition) is 2. The number of ether oxygens (including phenoxy) is 1. The molecule has 0 aliphatic heterocycles. The van der Waals surface area contributed by atoms with Crippen molar-refractivity contribution in [3.63, 3.8) is 0 Å². The van der Waals surface area contributed by atoms with Gasteiger partial charge in [0.2, 0.25) is 0 Å². The lowest BCUT2D eigenvalue weighted by Crippen LogP contribution is -2.47. The third-order valence-corrected chi connectivity index (χ3v) is 7.51. The topological polar surface area (TPSA) is 84.7 Å². The van der Waals surface area contributed by atoms with Gasteiger partial charge in [-0.3, -0.25) is 9.59 Å². The summed E-state index contributed by atoms with van der Waals surface area (Å²) in [7, 11) is 0. The van der Waals surface area contributed by atoms with Crippen LogP contribution in [0.5, 0.6) is 5.75 Å². The van der Waals surface area contributed by atoms with Crippen molar-refractivity contribution < 1.29 is 14.3 Å². The molecule has 41 heavy (non-hydrogen) atoms. The molecular formula is C31H31Cl3N4O3. The van der Waals surface area contributed by atoms with Gasteiger partial charge in [0.15, 0.2) is 6.61 Å². The molecule has 7 nitrogen and oxygen atoms in total. The summed E-state index contributed by atoms with van der Waals surface area (Å²) < 4.78 is 7.68. The van der Waals surface area contributed by atoms with Gasteiger partial charge in [0.25, 0.3) is 11.8 Å². The van der Waals surface area contributed by atoms with E-state index in [-0.39, 0.29) is 12.5 Å². The molecule has 0 aliphatic carbocycles. The number of amides is 2. The lowest BCUT2D eigenvalue weighted by Gasteiger charge is -2.19. The molecule has 0 saturated carbocycles. The minimum absolute atomic E-state index is 0.161. The van der Waals surface area contributed by atoms with E-state index in [1.54, 1.807) is 36.5 Å². The fourth-order valence-corrected chi connectivity index (χ4v) is 4.95. The average Bonchev–Trinajstić information content (AvgIpc) is 3.20. The Morgan fingerprint density at radius 3 is 2.44 bits per heavy atom. The molecule has 0 radical (unpaired) electrons. The molecular weight excluding hydrogens is 583 g/mol. The molecule has 0 aliphatic rings. The number of nitrogens with zero attached hydrogens (tertiary/aromatic N) is 2. The standard InChI is InChI=1S/C31H31Cl3N4O3/c1-19(2)14-28(36-30(39)18-41-23-11-9-22(32)10-12-23)31(40)37-35-16-25-20(3)38(29-7-5-4-6-24(25)29)17-21-8-13-26(33)27(34)15-21/h4-13,15-16,19,28H,14,17-18H2,1-3H3,(H,36,39)(H,37,40)/b35-16-/t28-/m0/s1. The monoisotopic (exact) mass is 612 g/mol. The van der Waals surface area contributed by atoms with Crippen molar-refractivity contribution in [2.45, 2.75) is 39.8 Å². The first-order valence-corrected chi connectivity index (χ1v) is 14.3. The van der Waals surface area contributed by atoms with Gasteiger partial charge in [-0.05, 0) is 67.3 Å². The number of carbonyl (C=O) groups is 2. The van der Waals surface area contributed by atoms with E-state index in [1.807, 2.05) is 57.2 Å². The highest BCUT2D eigenvalue weighted by atomic mass is 35.5. The first kappa shape index (κ1) is 30.4. The maximum absolute atomic E-state index is 13.0. The molecule has 1 atom stereocenters. The maximum atomic E-state index is 13.0. The highest BCUT2D eigenvalue weighted by Gasteiger charge is 2.22. The molecule has 0 saturated heterocycles. The van der Waals surface area contributed by atoms with Crippen molar-refractivity contribution >= 4 is 63.7 Å². The summed E-state index contributed by atoms with van der Waals surface area (Å²) in [6.45, 7) is 6.31. The number of aromatic nitrogens is 1. The molecule has 1 heterocycles. The zero-order valence-corrected chi connectivity index (χ0v) is 25.2. The zero-order valence-electron chi connectivity index (χ0n) is 23.0. The Balaban J connectivity index is 1.46. The van der Waals surface area contributed by atoms with E-state index in [2.05, 4.69) is 20.4 Å². The molecule has 4 rings (SSSR count). The van der Waals surface area contributed by atoms with E-state index in [4.69, 9.17) is 39.5 Å². The van der Waals surface area contributed by atoms with Crippen molar-refractivity contribution in [1.29, 1.82) is 0 Å².